The first kappa shape index (κ1) is 15.9. The van der Waals surface area contributed by atoms with Gasteiger partial charge in [0.15, 0.2) is 6.04 Å². The van der Waals surface area contributed by atoms with Gasteiger partial charge in [0.25, 0.3) is 0 Å². The molecule has 116 valence electrons. The van der Waals surface area contributed by atoms with E-state index in [0.717, 1.165) is 29.8 Å². The summed E-state index contributed by atoms with van der Waals surface area (Å²) in [4.78, 5) is 11.5. The maximum Gasteiger partial charge on any atom is 0.330 e. The van der Waals surface area contributed by atoms with Gasteiger partial charge in [-0.15, -0.1) is 0 Å². The van der Waals surface area contributed by atoms with E-state index in [1.807, 2.05) is 42.5 Å². The van der Waals surface area contributed by atoms with Crippen molar-refractivity contribution < 1.29 is 14.6 Å². The molecule has 0 aliphatic rings. The molecule has 1 unspecified atom stereocenters. The minimum atomic E-state index is -0.908. The van der Waals surface area contributed by atoms with Crippen LogP contribution in [-0.4, -0.2) is 17.7 Å². The third-order valence-electron chi connectivity index (χ3n) is 3.31. The van der Waals surface area contributed by atoms with E-state index < -0.39 is 12.0 Å². The molecule has 2 rings (SSSR count). The largest absolute Gasteiger partial charge is 0.494 e. The summed E-state index contributed by atoms with van der Waals surface area (Å²) in [6.45, 7) is 2.82. The van der Waals surface area contributed by atoms with E-state index in [1.165, 1.54) is 0 Å². The fourth-order valence-electron chi connectivity index (χ4n) is 2.08. The highest BCUT2D eigenvalue weighted by atomic mass is 16.5. The van der Waals surface area contributed by atoms with Gasteiger partial charge in [0, 0.05) is 5.69 Å². The summed E-state index contributed by atoms with van der Waals surface area (Å²) in [5.41, 5.74) is 1.47. The number of carboxylic acids is 1. The second-order valence-electron chi connectivity index (χ2n) is 5.05. The van der Waals surface area contributed by atoms with E-state index in [4.69, 9.17) is 4.74 Å². The highest BCUT2D eigenvalue weighted by Crippen LogP contribution is 2.22. The number of benzene rings is 2. The van der Waals surface area contributed by atoms with Crippen LogP contribution in [0.5, 0.6) is 5.75 Å². The zero-order valence-corrected chi connectivity index (χ0v) is 12.7. The van der Waals surface area contributed by atoms with Gasteiger partial charge in [-0.05, 0) is 36.2 Å². The van der Waals surface area contributed by atoms with Gasteiger partial charge >= 0.3 is 5.97 Å². The number of aliphatic carboxylic acids is 1. The SMILES string of the molecule is CCCCOc1ccc(NC(C(=O)O)c2ccccc2)cc1. The predicted octanol–water partition coefficient (Wildman–Crippen LogP) is 4.10. The maximum absolute atomic E-state index is 11.5. The average molecular weight is 299 g/mol. The molecule has 2 aromatic rings. The molecule has 4 nitrogen and oxygen atoms in total. The molecule has 0 aromatic heterocycles. The summed E-state index contributed by atoms with van der Waals surface area (Å²) >= 11 is 0. The van der Waals surface area contributed by atoms with Gasteiger partial charge in [-0.3, -0.25) is 0 Å². The number of anilines is 1. The highest BCUT2D eigenvalue weighted by Gasteiger charge is 2.19. The molecule has 0 radical (unpaired) electrons. The van der Waals surface area contributed by atoms with Crippen molar-refractivity contribution in [1.29, 1.82) is 0 Å². The van der Waals surface area contributed by atoms with Gasteiger partial charge in [0.05, 0.1) is 6.61 Å². The number of hydrogen-bond donors (Lipinski definition) is 2. The van der Waals surface area contributed by atoms with Crippen LogP contribution >= 0.6 is 0 Å². The van der Waals surface area contributed by atoms with Crippen LogP contribution in [0.15, 0.2) is 54.6 Å². The molecular formula is C18H21NO3. The first-order valence-corrected chi connectivity index (χ1v) is 7.48. The monoisotopic (exact) mass is 299 g/mol. The number of ether oxygens (including phenoxy) is 1. The molecule has 0 bridgehead atoms. The van der Waals surface area contributed by atoms with Crippen molar-refractivity contribution in [1.82, 2.24) is 0 Å². The third kappa shape index (κ3) is 4.52. The first-order chi connectivity index (χ1) is 10.7. The van der Waals surface area contributed by atoms with Gasteiger partial charge in [-0.25, -0.2) is 4.79 Å². The molecule has 2 aromatic carbocycles. The quantitative estimate of drug-likeness (QED) is 0.720. The second-order valence-corrected chi connectivity index (χ2v) is 5.05. The van der Waals surface area contributed by atoms with E-state index in [1.54, 1.807) is 12.1 Å². The lowest BCUT2D eigenvalue weighted by Gasteiger charge is -2.16. The van der Waals surface area contributed by atoms with Crippen LogP contribution < -0.4 is 10.1 Å². The summed E-state index contributed by atoms with van der Waals surface area (Å²) in [5.74, 6) is -0.111. The van der Waals surface area contributed by atoms with E-state index in [0.29, 0.717) is 6.61 Å². The Morgan fingerprint density at radius 2 is 1.82 bits per heavy atom. The highest BCUT2D eigenvalue weighted by molar-refractivity contribution is 5.79. The van der Waals surface area contributed by atoms with Crippen molar-refractivity contribution in [2.45, 2.75) is 25.8 Å². The minimum Gasteiger partial charge on any atom is -0.494 e. The molecule has 4 heteroatoms. The normalized spacial score (nSPS) is 11.7. The summed E-state index contributed by atoms with van der Waals surface area (Å²) in [6.07, 6.45) is 2.12. The van der Waals surface area contributed by atoms with Gasteiger partial charge in [0.1, 0.15) is 5.75 Å². The zero-order valence-electron chi connectivity index (χ0n) is 12.7. The summed E-state index contributed by atoms with van der Waals surface area (Å²) in [5, 5.41) is 12.4. The Balaban J connectivity index is 2.03. The van der Waals surface area contributed by atoms with Gasteiger partial charge in [0.2, 0.25) is 0 Å². The molecule has 0 aliphatic heterocycles. The van der Waals surface area contributed by atoms with Crippen LogP contribution in [0.2, 0.25) is 0 Å². The van der Waals surface area contributed by atoms with Crippen LogP contribution in [0, 0.1) is 0 Å². The lowest BCUT2D eigenvalue weighted by atomic mass is 10.1. The number of hydrogen-bond acceptors (Lipinski definition) is 3. The Morgan fingerprint density at radius 3 is 2.41 bits per heavy atom. The fraction of sp³-hybridized carbons (Fsp3) is 0.278. The van der Waals surface area contributed by atoms with E-state index in [9.17, 15) is 9.90 Å². The maximum atomic E-state index is 11.5. The van der Waals surface area contributed by atoms with Crippen LogP contribution in [0.3, 0.4) is 0 Å². The first-order valence-electron chi connectivity index (χ1n) is 7.48. The molecule has 0 saturated heterocycles. The Labute approximate surface area is 130 Å². The van der Waals surface area contributed by atoms with Crippen molar-refractivity contribution >= 4 is 11.7 Å². The average Bonchev–Trinajstić information content (AvgIpc) is 2.55. The Bertz CT molecular complexity index is 581. The van der Waals surface area contributed by atoms with Crippen molar-refractivity contribution in [3.63, 3.8) is 0 Å². The van der Waals surface area contributed by atoms with E-state index >= 15 is 0 Å². The number of nitrogens with one attached hydrogen (secondary N) is 1. The topological polar surface area (TPSA) is 58.6 Å². The molecular weight excluding hydrogens is 278 g/mol. The minimum absolute atomic E-state index is 0.699. The lowest BCUT2D eigenvalue weighted by Crippen LogP contribution is -2.20. The number of rotatable bonds is 8. The van der Waals surface area contributed by atoms with E-state index in [-0.39, 0.29) is 0 Å². The van der Waals surface area contributed by atoms with Crippen LogP contribution in [0.4, 0.5) is 5.69 Å². The molecule has 1 atom stereocenters. The van der Waals surface area contributed by atoms with Crippen molar-refractivity contribution in [2.75, 3.05) is 11.9 Å². The molecule has 0 fully saturated rings. The number of carboxylic acid groups (broad SMARTS) is 1. The van der Waals surface area contributed by atoms with Crippen LogP contribution in [-0.2, 0) is 4.79 Å². The summed E-state index contributed by atoms with van der Waals surface area (Å²) < 4.78 is 5.59. The Morgan fingerprint density at radius 1 is 1.14 bits per heavy atom. The van der Waals surface area contributed by atoms with Crippen molar-refractivity contribution in [3.8, 4) is 5.75 Å². The molecule has 0 heterocycles. The Hall–Kier alpha value is -2.49. The van der Waals surface area contributed by atoms with Crippen LogP contribution in [0.25, 0.3) is 0 Å². The second kappa shape index (κ2) is 8.08. The lowest BCUT2D eigenvalue weighted by molar-refractivity contribution is -0.138. The molecule has 0 saturated carbocycles. The summed E-state index contributed by atoms with van der Waals surface area (Å²) in [7, 11) is 0. The van der Waals surface area contributed by atoms with Crippen LogP contribution in [0.1, 0.15) is 31.4 Å². The van der Waals surface area contributed by atoms with Gasteiger partial charge in [-0.2, -0.15) is 0 Å². The predicted molar refractivity (Wildman–Crippen MR) is 87.3 cm³/mol. The van der Waals surface area contributed by atoms with E-state index in [2.05, 4.69) is 12.2 Å². The third-order valence-corrected chi connectivity index (χ3v) is 3.31. The van der Waals surface area contributed by atoms with Gasteiger partial charge < -0.3 is 15.2 Å². The van der Waals surface area contributed by atoms with Gasteiger partial charge in [-0.1, -0.05) is 43.7 Å². The molecule has 22 heavy (non-hydrogen) atoms. The fourth-order valence-corrected chi connectivity index (χ4v) is 2.08. The molecule has 0 spiro atoms. The summed E-state index contributed by atoms with van der Waals surface area (Å²) in [6, 6.07) is 15.7. The number of unbranched alkanes of at least 4 members (excludes halogenated alkanes) is 1. The standard InChI is InChI=1S/C18H21NO3/c1-2-3-13-22-16-11-9-15(10-12-16)19-17(18(20)21)14-7-5-4-6-8-14/h4-12,17,19H,2-3,13H2,1H3,(H,20,21). The van der Waals surface area contributed by atoms with Crippen molar-refractivity contribution in [3.05, 3.63) is 60.2 Å². The zero-order chi connectivity index (χ0) is 15.8. The molecule has 0 amide bonds. The molecule has 2 N–H and O–H groups in total. The molecule has 0 aliphatic carbocycles. The van der Waals surface area contributed by atoms with Crippen molar-refractivity contribution in [2.24, 2.45) is 0 Å². The smallest absolute Gasteiger partial charge is 0.330 e. The Kier molecular flexibility index (Phi) is 5.83. The number of carbonyl (C=O) groups is 1.